The second kappa shape index (κ2) is 10.9. The van der Waals surface area contributed by atoms with E-state index in [9.17, 15) is 4.79 Å². The van der Waals surface area contributed by atoms with Crippen molar-refractivity contribution in [3.8, 4) is 0 Å². The van der Waals surface area contributed by atoms with Crippen LogP contribution in [0.5, 0.6) is 0 Å². The predicted molar refractivity (Wildman–Crippen MR) is 65.5 cm³/mol. The van der Waals surface area contributed by atoms with E-state index in [0.717, 1.165) is 26.1 Å². The quantitative estimate of drug-likeness (QED) is 0.506. The van der Waals surface area contributed by atoms with Crippen LogP contribution in [0.2, 0.25) is 0 Å². The van der Waals surface area contributed by atoms with Crippen molar-refractivity contribution < 1.29 is 9.53 Å². The summed E-state index contributed by atoms with van der Waals surface area (Å²) in [4.78, 5) is 13.4. The molecule has 0 unspecified atom stereocenters. The third-order valence-corrected chi connectivity index (χ3v) is 2.12. The Bertz CT molecular complexity index is 175. The summed E-state index contributed by atoms with van der Waals surface area (Å²) in [6.45, 7) is 3.96. The minimum absolute atomic E-state index is 0.115. The molecule has 0 aromatic heterocycles. The summed E-state index contributed by atoms with van der Waals surface area (Å²) in [7, 11) is 5.72. The van der Waals surface area contributed by atoms with Gasteiger partial charge in [0.25, 0.3) is 0 Å². The molecular formula is C11H25N3O2. The second-order valence-corrected chi connectivity index (χ2v) is 4.00. The first-order valence-electron chi connectivity index (χ1n) is 5.78. The lowest BCUT2D eigenvalue weighted by atomic mass is 10.3. The monoisotopic (exact) mass is 231 g/mol. The largest absolute Gasteiger partial charge is 0.383 e. The highest BCUT2D eigenvalue weighted by Crippen LogP contribution is 1.83. The summed E-state index contributed by atoms with van der Waals surface area (Å²) >= 11 is 0. The van der Waals surface area contributed by atoms with Gasteiger partial charge in [-0.05, 0) is 27.1 Å². The number of ether oxygens (including phenoxy) is 1. The summed E-state index contributed by atoms with van der Waals surface area (Å²) < 4.78 is 4.88. The molecule has 5 nitrogen and oxygen atoms in total. The zero-order valence-corrected chi connectivity index (χ0v) is 10.7. The topological polar surface area (TPSA) is 53.6 Å². The van der Waals surface area contributed by atoms with Crippen molar-refractivity contribution in [2.24, 2.45) is 0 Å². The summed E-state index contributed by atoms with van der Waals surface area (Å²) in [5.74, 6) is 0.115. The molecule has 0 saturated carbocycles. The molecule has 0 radical (unpaired) electrons. The first-order chi connectivity index (χ1) is 7.66. The molecule has 0 bridgehead atoms. The standard InChI is InChI=1S/C11H25N3O2/c1-14(2)9-4-6-13-11(15)5-7-12-8-10-16-3/h12H,4-10H2,1-3H3,(H,13,15). The van der Waals surface area contributed by atoms with Crippen molar-refractivity contribution in [1.29, 1.82) is 0 Å². The van der Waals surface area contributed by atoms with Crippen LogP contribution in [0.15, 0.2) is 0 Å². The summed E-state index contributed by atoms with van der Waals surface area (Å²) in [5, 5.41) is 6.02. The molecule has 0 aromatic carbocycles. The summed E-state index contributed by atoms with van der Waals surface area (Å²) in [6.07, 6.45) is 1.53. The van der Waals surface area contributed by atoms with Crippen molar-refractivity contribution in [2.45, 2.75) is 12.8 Å². The highest BCUT2D eigenvalue weighted by atomic mass is 16.5. The van der Waals surface area contributed by atoms with E-state index in [1.54, 1.807) is 7.11 Å². The Balaban J connectivity index is 3.18. The second-order valence-electron chi connectivity index (χ2n) is 4.00. The average Bonchev–Trinajstić information content (AvgIpc) is 2.24. The normalized spacial score (nSPS) is 10.8. The number of hydrogen-bond acceptors (Lipinski definition) is 4. The Morgan fingerprint density at radius 1 is 1.25 bits per heavy atom. The molecule has 1 amide bonds. The van der Waals surface area contributed by atoms with Crippen LogP contribution in [0.3, 0.4) is 0 Å². The van der Waals surface area contributed by atoms with Gasteiger partial charge in [-0.2, -0.15) is 0 Å². The molecule has 2 N–H and O–H groups in total. The Morgan fingerprint density at radius 2 is 2.00 bits per heavy atom. The SMILES string of the molecule is COCCNCCC(=O)NCCCN(C)C. The van der Waals surface area contributed by atoms with E-state index < -0.39 is 0 Å². The van der Waals surface area contributed by atoms with E-state index in [1.165, 1.54) is 0 Å². The number of nitrogens with one attached hydrogen (secondary N) is 2. The zero-order chi connectivity index (χ0) is 12.2. The van der Waals surface area contributed by atoms with Gasteiger partial charge in [0.2, 0.25) is 5.91 Å². The molecule has 16 heavy (non-hydrogen) atoms. The molecule has 0 aliphatic heterocycles. The number of nitrogens with zero attached hydrogens (tertiary/aromatic N) is 1. The molecule has 0 fully saturated rings. The average molecular weight is 231 g/mol. The van der Waals surface area contributed by atoms with E-state index in [4.69, 9.17) is 4.74 Å². The van der Waals surface area contributed by atoms with Crippen LogP contribution in [0.25, 0.3) is 0 Å². The third kappa shape index (κ3) is 11.4. The van der Waals surface area contributed by atoms with Crippen LogP contribution in [0.4, 0.5) is 0 Å². The maximum Gasteiger partial charge on any atom is 0.221 e. The lowest BCUT2D eigenvalue weighted by Crippen LogP contribution is -2.30. The molecule has 5 heteroatoms. The fourth-order valence-corrected chi connectivity index (χ4v) is 1.21. The maximum absolute atomic E-state index is 11.3. The van der Waals surface area contributed by atoms with Gasteiger partial charge in [0.1, 0.15) is 0 Å². The molecule has 0 atom stereocenters. The highest BCUT2D eigenvalue weighted by molar-refractivity contribution is 5.75. The molecule has 0 spiro atoms. The Hall–Kier alpha value is -0.650. The fourth-order valence-electron chi connectivity index (χ4n) is 1.21. The Morgan fingerprint density at radius 3 is 2.62 bits per heavy atom. The molecule has 0 aromatic rings. The molecular weight excluding hydrogens is 206 g/mol. The third-order valence-electron chi connectivity index (χ3n) is 2.12. The molecule has 0 aliphatic rings. The van der Waals surface area contributed by atoms with Crippen LogP contribution in [0, 0.1) is 0 Å². The number of amides is 1. The van der Waals surface area contributed by atoms with Gasteiger partial charge in [0.15, 0.2) is 0 Å². The van der Waals surface area contributed by atoms with Crippen LogP contribution in [-0.2, 0) is 9.53 Å². The number of hydrogen-bond donors (Lipinski definition) is 2. The number of carbonyl (C=O) groups excluding carboxylic acids is 1. The van der Waals surface area contributed by atoms with E-state index in [-0.39, 0.29) is 5.91 Å². The molecule has 0 aliphatic carbocycles. The van der Waals surface area contributed by atoms with Crippen LogP contribution in [0.1, 0.15) is 12.8 Å². The minimum atomic E-state index is 0.115. The fraction of sp³-hybridized carbons (Fsp3) is 0.909. The van der Waals surface area contributed by atoms with Gasteiger partial charge in [0, 0.05) is 33.2 Å². The first-order valence-corrected chi connectivity index (χ1v) is 5.78. The summed E-state index contributed by atoms with van der Waals surface area (Å²) in [6, 6.07) is 0. The highest BCUT2D eigenvalue weighted by Gasteiger charge is 1.99. The van der Waals surface area contributed by atoms with Crippen molar-refractivity contribution in [2.75, 3.05) is 54.0 Å². The number of methoxy groups -OCH3 is 1. The van der Waals surface area contributed by atoms with Gasteiger partial charge in [0.05, 0.1) is 6.61 Å². The number of rotatable bonds is 10. The molecule has 0 heterocycles. The van der Waals surface area contributed by atoms with E-state index >= 15 is 0 Å². The van der Waals surface area contributed by atoms with Gasteiger partial charge in [-0.3, -0.25) is 4.79 Å². The van der Waals surface area contributed by atoms with Crippen LogP contribution < -0.4 is 10.6 Å². The van der Waals surface area contributed by atoms with Crippen LogP contribution >= 0.6 is 0 Å². The van der Waals surface area contributed by atoms with Crippen molar-refractivity contribution in [3.05, 3.63) is 0 Å². The van der Waals surface area contributed by atoms with Crippen molar-refractivity contribution in [3.63, 3.8) is 0 Å². The van der Waals surface area contributed by atoms with Gasteiger partial charge >= 0.3 is 0 Å². The Kier molecular flexibility index (Phi) is 10.4. The molecule has 96 valence electrons. The molecule has 0 rings (SSSR count). The minimum Gasteiger partial charge on any atom is -0.383 e. The Labute approximate surface area is 98.5 Å². The van der Waals surface area contributed by atoms with Crippen LogP contribution in [-0.4, -0.2) is 64.8 Å². The van der Waals surface area contributed by atoms with Crippen molar-refractivity contribution in [1.82, 2.24) is 15.5 Å². The zero-order valence-electron chi connectivity index (χ0n) is 10.7. The van der Waals surface area contributed by atoms with Gasteiger partial charge in [-0.25, -0.2) is 0 Å². The van der Waals surface area contributed by atoms with Crippen molar-refractivity contribution >= 4 is 5.91 Å². The smallest absolute Gasteiger partial charge is 0.221 e. The number of carbonyl (C=O) groups is 1. The molecule has 0 saturated heterocycles. The predicted octanol–water partition coefficient (Wildman–Crippen LogP) is -0.320. The first kappa shape index (κ1) is 15.3. The van der Waals surface area contributed by atoms with E-state index in [1.807, 2.05) is 14.1 Å². The lowest BCUT2D eigenvalue weighted by Gasteiger charge is -2.10. The van der Waals surface area contributed by atoms with Gasteiger partial charge in [-0.1, -0.05) is 0 Å². The van der Waals surface area contributed by atoms with Gasteiger partial charge < -0.3 is 20.3 Å². The maximum atomic E-state index is 11.3. The summed E-state index contributed by atoms with van der Waals surface area (Å²) in [5.41, 5.74) is 0. The van der Waals surface area contributed by atoms with Gasteiger partial charge in [-0.15, -0.1) is 0 Å². The van der Waals surface area contributed by atoms with E-state index in [0.29, 0.717) is 19.6 Å². The van der Waals surface area contributed by atoms with E-state index in [2.05, 4.69) is 15.5 Å². The lowest BCUT2D eigenvalue weighted by molar-refractivity contribution is -0.121.